The molecule has 96 valence electrons. The monoisotopic (exact) mass is 254 g/mol. The topological polar surface area (TPSA) is 47.2 Å². The van der Waals surface area contributed by atoms with E-state index in [9.17, 15) is 10.0 Å². The van der Waals surface area contributed by atoms with Crippen LogP contribution in [0.25, 0.3) is 0 Å². The highest BCUT2D eigenvalue weighted by molar-refractivity contribution is 6.06. The van der Waals surface area contributed by atoms with Crippen LogP contribution < -0.4 is 9.63 Å². The van der Waals surface area contributed by atoms with E-state index in [0.29, 0.717) is 16.8 Å². The van der Waals surface area contributed by atoms with Gasteiger partial charge in [0, 0.05) is 18.3 Å². The first-order valence-electron chi connectivity index (χ1n) is 6.34. The van der Waals surface area contributed by atoms with Gasteiger partial charge in [-0.25, -0.2) is 0 Å². The Balaban J connectivity index is 1.98. The van der Waals surface area contributed by atoms with Crippen LogP contribution >= 0.6 is 0 Å². The summed E-state index contributed by atoms with van der Waals surface area (Å²) in [4.78, 5) is 14.2. The summed E-state index contributed by atoms with van der Waals surface area (Å²) >= 11 is 0. The molecule has 0 aliphatic carbocycles. The number of benzene rings is 1. The van der Waals surface area contributed by atoms with Crippen molar-refractivity contribution >= 4 is 11.6 Å². The van der Waals surface area contributed by atoms with Crippen LogP contribution in [-0.2, 0) is 6.42 Å². The Kier molecular flexibility index (Phi) is 2.91. The highest BCUT2D eigenvalue weighted by atomic mass is 16.5. The number of nitrogens with zero attached hydrogens (tertiary/aromatic N) is 2. The van der Waals surface area contributed by atoms with Crippen molar-refractivity contribution in [2.75, 3.05) is 11.4 Å². The van der Waals surface area contributed by atoms with Gasteiger partial charge in [0.15, 0.2) is 12.4 Å². The fourth-order valence-corrected chi connectivity index (χ4v) is 2.48. The molecular weight excluding hydrogens is 240 g/mol. The third kappa shape index (κ3) is 2.17. The van der Waals surface area contributed by atoms with Gasteiger partial charge in [0.2, 0.25) is 0 Å². The fourth-order valence-electron chi connectivity index (χ4n) is 2.48. The van der Waals surface area contributed by atoms with Gasteiger partial charge in [0.25, 0.3) is 5.91 Å². The Morgan fingerprint density at radius 1 is 1.21 bits per heavy atom. The highest BCUT2D eigenvalue weighted by Gasteiger charge is 2.24. The first kappa shape index (κ1) is 11.7. The van der Waals surface area contributed by atoms with Gasteiger partial charge >= 0.3 is 0 Å². The molecule has 4 heteroatoms. The van der Waals surface area contributed by atoms with Crippen LogP contribution in [0.4, 0.5) is 5.69 Å². The van der Waals surface area contributed by atoms with Gasteiger partial charge < -0.3 is 10.1 Å². The average Bonchev–Trinajstić information content (AvgIpc) is 2.46. The van der Waals surface area contributed by atoms with E-state index in [4.69, 9.17) is 0 Å². The fraction of sp³-hybridized carbons (Fsp3) is 0.200. The Morgan fingerprint density at radius 3 is 2.89 bits per heavy atom. The largest absolute Gasteiger partial charge is 0.619 e. The number of anilines is 1. The second-order valence-electron chi connectivity index (χ2n) is 4.64. The summed E-state index contributed by atoms with van der Waals surface area (Å²) in [5.41, 5.74) is 2.57. The highest BCUT2D eigenvalue weighted by Crippen LogP contribution is 2.27. The van der Waals surface area contributed by atoms with E-state index in [-0.39, 0.29) is 5.91 Å². The second-order valence-corrected chi connectivity index (χ2v) is 4.64. The molecule has 0 saturated carbocycles. The molecule has 2 aromatic rings. The first-order chi connectivity index (χ1) is 9.25. The van der Waals surface area contributed by atoms with Gasteiger partial charge in [-0.3, -0.25) is 4.79 Å². The van der Waals surface area contributed by atoms with Crippen molar-refractivity contribution in [3.05, 3.63) is 65.1 Å². The minimum atomic E-state index is -0.114. The van der Waals surface area contributed by atoms with Gasteiger partial charge in [0.1, 0.15) is 5.56 Å². The summed E-state index contributed by atoms with van der Waals surface area (Å²) in [5, 5.41) is 11.3. The molecule has 0 atom stereocenters. The van der Waals surface area contributed by atoms with Crippen molar-refractivity contribution in [3.63, 3.8) is 0 Å². The third-order valence-electron chi connectivity index (χ3n) is 3.38. The lowest BCUT2D eigenvalue weighted by molar-refractivity contribution is -0.605. The maximum atomic E-state index is 12.5. The van der Waals surface area contributed by atoms with E-state index in [1.165, 1.54) is 18.0 Å². The third-order valence-corrected chi connectivity index (χ3v) is 3.38. The molecule has 1 aromatic heterocycles. The first-order valence-corrected chi connectivity index (χ1v) is 6.34. The summed E-state index contributed by atoms with van der Waals surface area (Å²) < 4.78 is 0.656. The van der Waals surface area contributed by atoms with Crippen molar-refractivity contribution in [2.24, 2.45) is 0 Å². The van der Waals surface area contributed by atoms with Gasteiger partial charge in [-0.2, -0.15) is 4.73 Å². The lowest BCUT2D eigenvalue weighted by Crippen LogP contribution is -2.37. The SMILES string of the molecule is O=C(c1ccc[n+]([O-])c1)N1CCCc2ccccc21. The Morgan fingerprint density at radius 2 is 2.05 bits per heavy atom. The van der Waals surface area contributed by atoms with Crippen LogP contribution in [0, 0.1) is 5.21 Å². The zero-order valence-electron chi connectivity index (χ0n) is 10.5. The van der Waals surface area contributed by atoms with Crippen LogP contribution in [-0.4, -0.2) is 12.5 Å². The normalized spacial score (nSPS) is 14.0. The van der Waals surface area contributed by atoms with Crippen molar-refractivity contribution in [3.8, 4) is 0 Å². The number of aryl methyl sites for hydroxylation is 1. The Hall–Kier alpha value is -2.36. The minimum Gasteiger partial charge on any atom is -0.619 e. The number of fused-ring (bicyclic) bond motifs is 1. The molecule has 0 saturated heterocycles. The van der Waals surface area contributed by atoms with E-state index in [1.54, 1.807) is 17.0 Å². The standard InChI is InChI=1S/C15H14N2O2/c18-15(13-7-3-9-16(19)11-13)17-10-4-6-12-5-1-2-8-14(12)17/h1-3,5,7-9,11H,4,6,10H2. The maximum Gasteiger partial charge on any atom is 0.264 e. The van der Waals surface area contributed by atoms with Crippen LogP contribution in [0.2, 0.25) is 0 Å². The predicted octanol–water partition coefficient (Wildman–Crippen LogP) is 1.91. The molecule has 4 nitrogen and oxygen atoms in total. The zero-order chi connectivity index (χ0) is 13.2. The molecular formula is C15H14N2O2. The molecule has 0 bridgehead atoms. The molecule has 3 rings (SSSR count). The number of para-hydroxylation sites is 1. The number of amides is 1. The Labute approximate surface area is 111 Å². The quantitative estimate of drug-likeness (QED) is 0.576. The molecule has 1 aliphatic rings. The number of aromatic nitrogens is 1. The number of pyridine rings is 1. The molecule has 1 aliphatic heterocycles. The van der Waals surface area contributed by atoms with Gasteiger partial charge in [0.05, 0.1) is 0 Å². The lowest BCUT2D eigenvalue weighted by Gasteiger charge is -2.29. The summed E-state index contributed by atoms with van der Waals surface area (Å²) in [6, 6.07) is 11.2. The summed E-state index contributed by atoms with van der Waals surface area (Å²) in [7, 11) is 0. The van der Waals surface area contributed by atoms with Crippen molar-refractivity contribution in [1.29, 1.82) is 0 Å². The molecule has 0 unspecified atom stereocenters. The van der Waals surface area contributed by atoms with Gasteiger partial charge in [-0.05, 0) is 30.5 Å². The van der Waals surface area contributed by atoms with E-state index >= 15 is 0 Å². The van der Waals surface area contributed by atoms with Crippen LogP contribution in [0.5, 0.6) is 0 Å². The maximum absolute atomic E-state index is 12.5. The zero-order valence-corrected chi connectivity index (χ0v) is 10.5. The van der Waals surface area contributed by atoms with Crippen LogP contribution in [0.3, 0.4) is 0 Å². The van der Waals surface area contributed by atoms with E-state index in [0.717, 1.165) is 18.5 Å². The predicted molar refractivity (Wildman–Crippen MR) is 71.8 cm³/mol. The molecule has 0 N–H and O–H groups in total. The Bertz CT molecular complexity index is 625. The number of rotatable bonds is 1. The van der Waals surface area contributed by atoms with Crippen molar-refractivity contribution < 1.29 is 9.52 Å². The molecule has 0 radical (unpaired) electrons. The van der Waals surface area contributed by atoms with E-state index < -0.39 is 0 Å². The second kappa shape index (κ2) is 4.72. The molecule has 19 heavy (non-hydrogen) atoms. The number of hydrogen-bond donors (Lipinski definition) is 0. The smallest absolute Gasteiger partial charge is 0.264 e. The van der Waals surface area contributed by atoms with Crippen LogP contribution in [0.1, 0.15) is 22.3 Å². The summed E-state index contributed by atoms with van der Waals surface area (Å²) in [6.07, 6.45) is 4.64. The number of carbonyl (C=O) groups is 1. The van der Waals surface area contributed by atoms with Crippen molar-refractivity contribution in [1.82, 2.24) is 0 Å². The molecule has 1 aromatic carbocycles. The van der Waals surface area contributed by atoms with Crippen molar-refractivity contribution in [2.45, 2.75) is 12.8 Å². The molecule has 2 heterocycles. The lowest BCUT2D eigenvalue weighted by atomic mass is 10.0. The van der Waals surface area contributed by atoms with Gasteiger partial charge in [-0.15, -0.1) is 0 Å². The van der Waals surface area contributed by atoms with E-state index in [1.807, 2.05) is 24.3 Å². The molecule has 0 spiro atoms. The van der Waals surface area contributed by atoms with Crippen LogP contribution in [0.15, 0.2) is 48.8 Å². The molecule has 1 amide bonds. The average molecular weight is 254 g/mol. The molecule has 0 fully saturated rings. The summed E-state index contributed by atoms with van der Waals surface area (Å²) in [6.45, 7) is 0.698. The van der Waals surface area contributed by atoms with E-state index in [2.05, 4.69) is 0 Å². The summed E-state index contributed by atoms with van der Waals surface area (Å²) in [5.74, 6) is -0.114. The minimum absolute atomic E-state index is 0.114. The number of hydrogen-bond acceptors (Lipinski definition) is 2. The number of carbonyl (C=O) groups excluding carboxylic acids is 1. The van der Waals surface area contributed by atoms with Gasteiger partial charge in [-0.1, -0.05) is 18.2 Å².